The van der Waals surface area contributed by atoms with Gasteiger partial charge in [-0.05, 0) is 84.6 Å². The molecule has 2 rings (SSSR count). The van der Waals surface area contributed by atoms with Crippen LogP contribution in [0.25, 0.3) is 0 Å². The molecule has 6 nitrogen and oxygen atoms in total. The van der Waals surface area contributed by atoms with E-state index in [0.29, 0.717) is 27.7 Å². The van der Waals surface area contributed by atoms with Crippen LogP contribution in [0.2, 0.25) is 0 Å². The van der Waals surface area contributed by atoms with Crippen LogP contribution < -0.4 is 16.0 Å². The molecule has 0 aliphatic rings. The molecule has 0 fully saturated rings. The van der Waals surface area contributed by atoms with E-state index >= 15 is 0 Å². The quantitative estimate of drug-likeness (QED) is 0.493. The minimum atomic E-state index is -0.680. The van der Waals surface area contributed by atoms with Gasteiger partial charge in [-0.3, -0.25) is 14.4 Å². The number of thioether (sulfide) groups is 1. The zero-order chi connectivity index (χ0) is 22.1. The van der Waals surface area contributed by atoms with Crippen molar-refractivity contribution in [2.45, 2.75) is 32.4 Å². The first-order valence-electron chi connectivity index (χ1n) is 9.58. The Kier molecular flexibility index (Phi) is 9.39. The molecule has 0 heterocycles. The topological polar surface area (TPSA) is 87.3 Å². The number of benzene rings is 2. The Morgan fingerprint density at radius 1 is 0.967 bits per heavy atom. The Morgan fingerprint density at radius 3 is 2.23 bits per heavy atom. The van der Waals surface area contributed by atoms with Crippen LogP contribution in [0, 0.1) is 0 Å². The molecule has 0 saturated carbocycles. The van der Waals surface area contributed by atoms with Crippen LogP contribution in [0.3, 0.4) is 0 Å². The Bertz CT molecular complexity index is 887. The number of halogens is 1. The van der Waals surface area contributed by atoms with E-state index in [1.54, 1.807) is 54.2 Å². The molecule has 0 radical (unpaired) electrons. The van der Waals surface area contributed by atoms with Crippen molar-refractivity contribution in [1.82, 2.24) is 10.6 Å². The van der Waals surface area contributed by atoms with E-state index in [0.717, 1.165) is 5.75 Å². The molecule has 0 bridgehead atoms. The highest BCUT2D eigenvalue weighted by Crippen LogP contribution is 2.17. The zero-order valence-corrected chi connectivity index (χ0v) is 19.6. The normalized spacial score (nSPS) is 11.6. The highest BCUT2D eigenvalue weighted by atomic mass is 79.9. The van der Waals surface area contributed by atoms with E-state index in [2.05, 4.69) is 31.9 Å². The molecule has 0 aliphatic heterocycles. The van der Waals surface area contributed by atoms with Crippen molar-refractivity contribution in [2.24, 2.45) is 0 Å². The van der Waals surface area contributed by atoms with Gasteiger partial charge in [-0.1, -0.05) is 12.1 Å². The molecule has 2 aromatic rings. The summed E-state index contributed by atoms with van der Waals surface area (Å²) in [6.07, 6.45) is 2.45. The molecular weight excluding hydrogens is 466 g/mol. The summed E-state index contributed by atoms with van der Waals surface area (Å²) in [5, 5.41) is 8.47. The average molecular weight is 492 g/mol. The van der Waals surface area contributed by atoms with E-state index in [9.17, 15) is 14.4 Å². The molecular formula is C22H26BrN3O3S. The van der Waals surface area contributed by atoms with Gasteiger partial charge in [-0.25, -0.2) is 0 Å². The number of nitrogens with one attached hydrogen (secondary N) is 3. The summed E-state index contributed by atoms with van der Waals surface area (Å²) in [5.41, 5.74) is 1.55. The number of hydrogen-bond donors (Lipinski definition) is 3. The molecule has 1 unspecified atom stereocenters. The maximum atomic E-state index is 12.8. The van der Waals surface area contributed by atoms with Gasteiger partial charge in [0.15, 0.2) is 0 Å². The van der Waals surface area contributed by atoms with Crippen molar-refractivity contribution in [2.75, 3.05) is 17.3 Å². The van der Waals surface area contributed by atoms with E-state index in [1.165, 1.54) is 0 Å². The molecule has 3 amide bonds. The molecule has 160 valence electrons. The summed E-state index contributed by atoms with van der Waals surface area (Å²) in [7, 11) is 0. The fourth-order valence-corrected chi connectivity index (χ4v) is 3.60. The summed E-state index contributed by atoms with van der Waals surface area (Å²) in [6, 6.07) is 13.1. The van der Waals surface area contributed by atoms with E-state index in [1.807, 2.05) is 26.2 Å². The molecule has 1 atom stereocenters. The van der Waals surface area contributed by atoms with Crippen molar-refractivity contribution < 1.29 is 14.4 Å². The first kappa shape index (κ1) is 24.0. The van der Waals surface area contributed by atoms with Crippen LogP contribution in [-0.4, -0.2) is 41.8 Å². The highest BCUT2D eigenvalue weighted by Gasteiger charge is 2.22. The lowest BCUT2D eigenvalue weighted by atomic mass is 10.1. The fourth-order valence-electron chi connectivity index (χ4n) is 2.67. The fraction of sp³-hybridized carbons (Fsp3) is 0.318. The van der Waals surface area contributed by atoms with E-state index in [4.69, 9.17) is 0 Å². The Morgan fingerprint density at radius 2 is 1.63 bits per heavy atom. The summed E-state index contributed by atoms with van der Waals surface area (Å²) in [5.74, 6) is -0.0579. The third-order valence-corrected chi connectivity index (χ3v) is 5.52. The van der Waals surface area contributed by atoms with Gasteiger partial charge in [0.05, 0.1) is 5.56 Å². The first-order valence-corrected chi connectivity index (χ1v) is 11.8. The van der Waals surface area contributed by atoms with E-state index < -0.39 is 6.04 Å². The monoisotopic (exact) mass is 491 g/mol. The standard InChI is InChI=1S/C22H26BrN3O3S/c1-14(2)24-20(27)15-8-10-16(11-9-15)25-22(29)19(12-13-30-3)26-21(28)17-6-4-5-7-18(17)23/h4-11,14,19H,12-13H2,1-3H3,(H,24,27)(H,25,29)(H,26,28). The summed E-state index contributed by atoms with van der Waals surface area (Å²) >= 11 is 4.97. The lowest BCUT2D eigenvalue weighted by Gasteiger charge is -2.19. The number of rotatable bonds is 9. The predicted molar refractivity (Wildman–Crippen MR) is 126 cm³/mol. The SMILES string of the molecule is CSCCC(NC(=O)c1ccccc1Br)C(=O)Nc1ccc(C(=O)NC(C)C)cc1. The lowest BCUT2D eigenvalue weighted by Crippen LogP contribution is -2.44. The second kappa shape index (κ2) is 11.8. The molecule has 0 spiro atoms. The number of anilines is 1. The van der Waals surface area contributed by atoms with Crippen LogP contribution in [-0.2, 0) is 4.79 Å². The number of carbonyl (C=O) groups is 3. The predicted octanol–water partition coefficient (Wildman–Crippen LogP) is 4.08. The molecule has 0 aliphatic carbocycles. The number of carbonyl (C=O) groups excluding carboxylic acids is 3. The van der Waals surface area contributed by atoms with Gasteiger partial charge in [-0.15, -0.1) is 0 Å². The van der Waals surface area contributed by atoms with Crippen LogP contribution in [0.15, 0.2) is 53.0 Å². The second-order valence-electron chi connectivity index (χ2n) is 6.98. The van der Waals surface area contributed by atoms with Crippen molar-refractivity contribution in [3.05, 3.63) is 64.1 Å². The molecule has 0 aromatic heterocycles. The smallest absolute Gasteiger partial charge is 0.253 e. The van der Waals surface area contributed by atoms with Crippen molar-refractivity contribution in [3.8, 4) is 0 Å². The van der Waals surface area contributed by atoms with Gasteiger partial charge in [-0.2, -0.15) is 11.8 Å². The number of amides is 3. The minimum absolute atomic E-state index is 0.0438. The molecule has 30 heavy (non-hydrogen) atoms. The maximum absolute atomic E-state index is 12.8. The minimum Gasteiger partial charge on any atom is -0.350 e. The molecule has 8 heteroatoms. The van der Waals surface area contributed by atoms with Crippen LogP contribution in [0.4, 0.5) is 5.69 Å². The second-order valence-corrected chi connectivity index (χ2v) is 8.82. The molecule has 2 aromatic carbocycles. The van der Waals surface area contributed by atoms with Gasteiger partial charge in [0.1, 0.15) is 6.04 Å². The summed E-state index contributed by atoms with van der Waals surface area (Å²) in [6.45, 7) is 3.78. The average Bonchev–Trinajstić information content (AvgIpc) is 2.71. The highest BCUT2D eigenvalue weighted by molar-refractivity contribution is 9.10. The first-order chi connectivity index (χ1) is 14.3. The van der Waals surface area contributed by atoms with Gasteiger partial charge in [0.2, 0.25) is 5.91 Å². The van der Waals surface area contributed by atoms with Gasteiger partial charge in [0.25, 0.3) is 11.8 Å². The Balaban J connectivity index is 2.06. The van der Waals surface area contributed by atoms with Gasteiger partial charge in [0, 0.05) is 21.8 Å². The largest absolute Gasteiger partial charge is 0.350 e. The van der Waals surface area contributed by atoms with Gasteiger partial charge >= 0.3 is 0 Å². The Hall–Kier alpha value is -2.32. The third kappa shape index (κ3) is 7.18. The molecule has 3 N–H and O–H groups in total. The van der Waals surface area contributed by atoms with Crippen LogP contribution in [0.1, 0.15) is 41.0 Å². The van der Waals surface area contributed by atoms with Crippen molar-refractivity contribution in [1.29, 1.82) is 0 Å². The number of hydrogen-bond acceptors (Lipinski definition) is 4. The summed E-state index contributed by atoms with van der Waals surface area (Å²) in [4.78, 5) is 37.5. The van der Waals surface area contributed by atoms with Gasteiger partial charge < -0.3 is 16.0 Å². The van der Waals surface area contributed by atoms with Crippen molar-refractivity contribution in [3.63, 3.8) is 0 Å². The molecule has 0 saturated heterocycles. The summed E-state index contributed by atoms with van der Waals surface area (Å²) < 4.78 is 0.668. The maximum Gasteiger partial charge on any atom is 0.253 e. The third-order valence-electron chi connectivity index (χ3n) is 4.19. The van der Waals surface area contributed by atoms with Crippen LogP contribution >= 0.6 is 27.7 Å². The van der Waals surface area contributed by atoms with Crippen molar-refractivity contribution >= 4 is 51.1 Å². The Labute approximate surface area is 189 Å². The lowest BCUT2D eigenvalue weighted by molar-refractivity contribution is -0.118. The van der Waals surface area contributed by atoms with E-state index in [-0.39, 0.29) is 23.8 Å². The zero-order valence-electron chi connectivity index (χ0n) is 17.2. The van der Waals surface area contributed by atoms with Crippen LogP contribution in [0.5, 0.6) is 0 Å².